The lowest BCUT2D eigenvalue weighted by Crippen LogP contribution is -2.16. The quantitative estimate of drug-likeness (QED) is 0.221. The van der Waals surface area contributed by atoms with Crippen LogP contribution in [0.2, 0.25) is 0 Å². The van der Waals surface area contributed by atoms with E-state index in [2.05, 4.69) is 169 Å². The average Bonchev–Trinajstić information content (AvgIpc) is 3.46. The highest BCUT2D eigenvalue weighted by atomic mass is 15.1. The monoisotopic (exact) mass is 526 g/mol. The molecule has 0 N–H and O–H groups in total. The number of nitrogens with zero attached hydrogens (tertiary/aromatic N) is 2. The van der Waals surface area contributed by atoms with Crippen LogP contribution in [0.25, 0.3) is 38.6 Å². The topological polar surface area (TPSA) is 8.17 Å². The third kappa shape index (κ3) is 3.57. The molecule has 0 spiro atoms. The Kier molecular flexibility index (Phi) is 5.20. The van der Waals surface area contributed by atoms with Gasteiger partial charge in [-0.3, -0.25) is 0 Å². The zero-order valence-corrected chi connectivity index (χ0v) is 23.3. The molecule has 0 saturated carbocycles. The Labute approximate surface area is 240 Å². The van der Waals surface area contributed by atoms with Crippen molar-refractivity contribution < 1.29 is 0 Å². The fourth-order valence-electron chi connectivity index (χ4n) is 6.78. The highest BCUT2D eigenvalue weighted by Crippen LogP contribution is 2.52. The summed E-state index contributed by atoms with van der Waals surface area (Å²) < 4.78 is 2.41. The van der Waals surface area contributed by atoms with E-state index < -0.39 is 0 Å². The third-order valence-electron chi connectivity index (χ3n) is 8.75. The van der Waals surface area contributed by atoms with Crippen LogP contribution in [0.4, 0.5) is 17.1 Å². The van der Waals surface area contributed by atoms with E-state index in [9.17, 15) is 0 Å². The molecule has 0 atom stereocenters. The molecule has 1 heterocycles. The van der Waals surface area contributed by atoms with Crippen LogP contribution in [0, 0.1) is 0 Å². The van der Waals surface area contributed by atoms with Gasteiger partial charge in [0.2, 0.25) is 0 Å². The maximum absolute atomic E-state index is 2.46. The summed E-state index contributed by atoms with van der Waals surface area (Å²) in [7, 11) is 0. The first-order valence-corrected chi connectivity index (χ1v) is 14.3. The Hall–Kier alpha value is -5.08. The number of benzene rings is 6. The van der Waals surface area contributed by atoms with Crippen molar-refractivity contribution in [1.29, 1.82) is 0 Å². The molecule has 0 bridgehead atoms. The zero-order chi connectivity index (χ0) is 27.6. The van der Waals surface area contributed by atoms with Gasteiger partial charge in [0, 0.05) is 38.9 Å². The molecule has 0 aliphatic heterocycles. The van der Waals surface area contributed by atoms with Crippen molar-refractivity contribution in [2.45, 2.75) is 19.3 Å². The molecule has 0 saturated heterocycles. The summed E-state index contributed by atoms with van der Waals surface area (Å²) in [4.78, 5) is 2.35. The van der Waals surface area contributed by atoms with Gasteiger partial charge >= 0.3 is 0 Å². The van der Waals surface area contributed by atoms with Gasteiger partial charge in [-0.1, -0.05) is 92.7 Å². The van der Waals surface area contributed by atoms with E-state index in [-0.39, 0.29) is 5.41 Å². The van der Waals surface area contributed by atoms with Crippen LogP contribution in [0.1, 0.15) is 25.0 Å². The van der Waals surface area contributed by atoms with Gasteiger partial charge < -0.3 is 9.47 Å². The number of rotatable bonds is 4. The lowest BCUT2D eigenvalue weighted by atomic mass is 9.82. The van der Waals surface area contributed by atoms with Crippen molar-refractivity contribution in [3.05, 3.63) is 157 Å². The summed E-state index contributed by atoms with van der Waals surface area (Å²) in [6, 6.07) is 52.7. The predicted molar refractivity (Wildman–Crippen MR) is 173 cm³/mol. The molecule has 7 aromatic rings. The minimum atomic E-state index is -0.135. The van der Waals surface area contributed by atoms with E-state index >= 15 is 0 Å². The minimum Gasteiger partial charge on any atom is -0.310 e. The van der Waals surface area contributed by atoms with Crippen molar-refractivity contribution >= 4 is 38.9 Å². The van der Waals surface area contributed by atoms with Crippen LogP contribution < -0.4 is 4.90 Å². The van der Waals surface area contributed by atoms with Gasteiger partial charge in [-0.15, -0.1) is 0 Å². The number of para-hydroxylation sites is 4. The lowest BCUT2D eigenvalue weighted by molar-refractivity contribution is 0.661. The lowest BCUT2D eigenvalue weighted by Gasteiger charge is -2.28. The van der Waals surface area contributed by atoms with Gasteiger partial charge in [0.1, 0.15) is 0 Å². The Balaban J connectivity index is 1.36. The van der Waals surface area contributed by atoms with Gasteiger partial charge in [-0.2, -0.15) is 0 Å². The molecular formula is C39H30N2. The van der Waals surface area contributed by atoms with E-state index in [0.29, 0.717) is 0 Å². The fourth-order valence-corrected chi connectivity index (χ4v) is 6.78. The summed E-state index contributed by atoms with van der Waals surface area (Å²) in [6.45, 7) is 4.75. The molecule has 196 valence electrons. The molecule has 2 nitrogen and oxygen atoms in total. The van der Waals surface area contributed by atoms with Gasteiger partial charge in [0.25, 0.3) is 0 Å². The first kappa shape index (κ1) is 23.8. The van der Waals surface area contributed by atoms with Crippen LogP contribution in [-0.4, -0.2) is 4.57 Å². The van der Waals surface area contributed by atoms with Gasteiger partial charge in [-0.25, -0.2) is 0 Å². The molecular weight excluding hydrogens is 496 g/mol. The normalized spacial score (nSPS) is 13.3. The van der Waals surface area contributed by atoms with Gasteiger partial charge in [-0.05, 0) is 89.0 Å². The predicted octanol–water partition coefficient (Wildman–Crippen LogP) is 10.6. The Morgan fingerprint density at radius 3 is 1.73 bits per heavy atom. The van der Waals surface area contributed by atoms with Crippen LogP contribution in [0.3, 0.4) is 0 Å². The second-order valence-electron chi connectivity index (χ2n) is 11.5. The molecule has 8 rings (SSSR count). The first-order chi connectivity index (χ1) is 20.1. The van der Waals surface area contributed by atoms with E-state index in [1.165, 1.54) is 55.4 Å². The molecule has 0 fully saturated rings. The summed E-state index contributed by atoms with van der Waals surface area (Å²) in [5, 5.41) is 2.60. The summed E-state index contributed by atoms with van der Waals surface area (Å²) >= 11 is 0. The number of fused-ring (bicyclic) bond motifs is 6. The standard InChI is InChI=1S/C39H30N2/c1-39(2)35-24-30(40(27-14-6-3-7-15-27)28-16-8-4-9-17-28)22-23-31(35)33-26-38-34(25-36(33)39)32-20-12-13-21-37(32)41(38)29-18-10-5-11-19-29/h3-26H,1-2H3. The second-order valence-corrected chi connectivity index (χ2v) is 11.5. The summed E-state index contributed by atoms with van der Waals surface area (Å²) in [5.41, 5.74) is 12.4. The molecule has 0 amide bonds. The largest absolute Gasteiger partial charge is 0.310 e. The third-order valence-corrected chi connectivity index (χ3v) is 8.75. The van der Waals surface area contributed by atoms with E-state index in [4.69, 9.17) is 0 Å². The molecule has 2 heteroatoms. The molecule has 1 aliphatic rings. The minimum absolute atomic E-state index is 0.135. The van der Waals surface area contributed by atoms with Gasteiger partial charge in [0.15, 0.2) is 0 Å². The molecule has 0 unspecified atom stereocenters. The first-order valence-electron chi connectivity index (χ1n) is 14.3. The number of hydrogen-bond donors (Lipinski definition) is 0. The molecule has 6 aromatic carbocycles. The highest BCUT2D eigenvalue weighted by molar-refractivity contribution is 6.11. The summed E-state index contributed by atoms with van der Waals surface area (Å²) in [5.74, 6) is 0. The van der Waals surface area contributed by atoms with Crippen molar-refractivity contribution in [2.24, 2.45) is 0 Å². The molecule has 41 heavy (non-hydrogen) atoms. The van der Waals surface area contributed by atoms with Crippen LogP contribution >= 0.6 is 0 Å². The van der Waals surface area contributed by atoms with Crippen LogP contribution in [-0.2, 0) is 5.41 Å². The van der Waals surface area contributed by atoms with Gasteiger partial charge in [0.05, 0.1) is 11.0 Å². The van der Waals surface area contributed by atoms with Crippen molar-refractivity contribution in [3.8, 4) is 16.8 Å². The second kappa shape index (κ2) is 8.97. The smallest absolute Gasteiger partial charge is 0.0547 e. The number of aromatic nitrogens is 1. The van der Waals surface area contributed by atoms with Crippen molar-refractivity contribution in [1.82, 2.24) is 4.57 Å². The van der Waals surface area contributed by atoms with Crippen LogP contribution in [0.15, 0.2) is 146 Å². The maximum atomic E-state index is 2.46. The average molecular weight is 527 g/mol. The van der Waals surface area contributed by atoms with Crippen LogP contribution in [0.5, 0.6) is 0 Å². The molecule has 1 aromatic heterocycles. The Bertz CT molecular complexity index is 2010. The fraction of sp³-hybridized carbons (Fsp3) is 0.0769. The van der Waals surface area contributed by atoms with E-state index in [1.54, 1.807) is 0 Å². The van der Waals surface area contributed by atoms with E-state index in [1.807, 2.05) is 0 Å². The van der Waals surface area contributed by atoms with E-state index in [0.717, 1.165) is 11.4 Å². The molecule has 1 aliphatic carbocycles. The maximum Gasteiger partial charge on any atom is 0.0547 e. The zero-order valence-electron chi connectivity index (χ0n) is 23.3. The SMILES string of the molecule is CC1(C)c2cc(N(c3ccccc3)c3ccccc3)ccc2-c2cc3c(cc21)c1ccccc1n3-c1ccccc1. The molecule has 0 radical (unpaired) electrons. The van der Waals surface area contributed by atoms with Crippen molar-refractivity contribution in [2.75, 3.05) is 4.90 Å². The highest BCUT2D eigenvalue weighted by Gasteiger charge is 2.37. The summed E-state index contributed by atoms with van der Waals surface area (Å²) in [6.07, 6.45) is 0. The number of hydrogen-bond acceptors (Lipinski definition) is 1. The Morgan fingerprint density at radius 1 is 0.463 bits per heavy atom. The Morgan fingerprint density at radius 2 is 1.05 bits per heavy atom. The number of anilines is 3. The van der Waals surface area contributed by atoms with Crippen molar-refractivity contribution in [3.63, 3.8) is 0 Å².